The van der Waals surface area contributed by atoms with Crippen LogP contribution < -0.4 is 15.2 Å². The predicted octanol–water partition coefficient (Wildman–Crippen LogP) is 4.49. The van der Waals surface area contributed by atoms with Gasteiger partial charge < -0.3 is 15.2 Å². The molecule has 1 atom stereocenters. The van der Waals surface area contributed by atoms with Crippen molar-refractivity contribution in [2.45, 2.75) is 25.9 Å². The summed E-state index contributed by atoms with van der Waals surface area (Å²) in [6.07, 6.45) is 1.18. The average molecular weight is 385 g/mol. The van der Waals surface area contributed by atoms with Crippen molar-refractivity contribution in [3.8, 4) is 11.5 Å². The van der Waals surface area contributed by atoms with Crippen LogP contribution in [0.3, 0.4) is 0 Å². The smallest absolute Gasteiger partial charge is 0.272 e. The molecule has 0 bridgehead atoms. The zero-order chi connectivity index (χ0) is 20.1. The lowest BCUT2D eigenvalue weighted by Gasteiger charge is -2.16. The number of aromatic nitrogens is 1. The molecule has 8 heteroatoms. The van der Waals surface area contributed by atoms with E-state index in [0.29, 0.717) is 29.9 Å². The summed E-state index contributed by atoms with van der Waals surface area (Å²) in [5.41, 5.74) is 6.16. The van der Waals surface area contributed by atoms with Gasteiger partial charge in [0, 0.05) is 11.5 Å². The first-order valence-electron chi connectivity index (χ1n) is 8.82. The van der Waals surface area contributed by atoms with E-state index >= 15 is 0 Å². The van der Waals surface area contributed by atoms with Crippen LogP contribution >= 0.6 is 0 Å². The Morgan fingerprint density at radius 2 is 2.04 bits per heavy atom. The maximum Gasteiger partial charge on any atom is 0.272 e. The number of hydrogen-bond donors (Lipinski definition) is 1. The molecule has 28 heavy (non-hydrogen) atoms. The summed E-state index contributed by atoms with van der Waals surface area (Å²) in [5.74, 6) is 0.320. The van der Waals surface area contributed by atoms with Crippen LogP contribution in [0.5, 0.6) is 11.5 Å². The van der Waals surface area contributed by atoms with Gasteiger partial charge in [-0.25, -0.2) is 9.37 Å². The topological polar surface area (TPSA) is 101 Å². The van der Waals surface area contributed by atoms with E-state index in [2.05, 4.69) is 4.98 Å². The van der Waals surface area contributed by atoms with E-state index in [4.69, 9.17) is 15.2 Å². The second-order valence-corrected chi connectivity index (χ2v) is 6.35. The van der Waals surface area contributed by atoms with Gasteiger partial charge in [-0.1, -0.05) is 12.1 Å². The molecule has 0 saturated carbocycles. The van der Waals surface area contributed by atoms with Crippen LogP contribution in [0.1, 0.15) is 19.8 Å². The standard InChI is InChI=1S/C20H20FN3O4/c1-13(28-18-6-2-5-14-7-10-19(22)23-20(14)18)4-3-11-27-17-9-8-15(24(25)26)12-16(17)21/h2,5-10,12-13H,3-4,11H2,1H3,(H2,22,23). The van der Waals surface area contributed by atoms with E-state index in [-0.39, 0.29) is 24.1 Å². The first-order chi connectivity index (χ1) is 13.4. The van der Waals surface area contributed by atoms with Crippen molar-refractivity contribution >= 4 is 22.4 Å². The van der Waals surface area contributed by atoms with Gasteiger partial charge in [0.25, 0.3) is 5.69 Å². The summed E-state index contributed by atoms with van der Waals surface area (Å²) in [4.78, 5) is 14.3. The van der Waals surface area contributed by atoms with Crippen LogP contribution in [-0.4, -0.2) is 22.6 Å². The lowest BCUT2D eigenvalue weighted by atomic mass is 10.2. The number of ether oxygens (including phenoxy) is 2. The SMILES string of the molecule is CC(CCCOc1ccc([N+](=O)[O-])cc1F)Oc1cccc2ccc(N)nc12. The normalized spacial score (nSPS) is 11.9. The van der Waals surface area contributed by atoms with Gasteiger partial charge in [-0.2, -0.15) is 0 Å². The van der Waals surface area contributed by atoms with Crippen molar-refractivity contribution in [2.75, 3.05) is 12.3 Å². The molecular formula is C20H20FN3O4. The minimum absolute atomic E-state index is 0.00657. The largest absolute Gasteiger partial charge is 0.491 e. The van der Waals surface area contributed by atoms with E-state index in [1.807, 2.05) is 31.2 Å². The molecule has 0 saturated heterocycles. The van der Waals surface area contributed by atoms with Crippen molar-refractivity contribution in [3.63, 3.8) is 0 Å². The first-order valence-corrected chi connectivity index (χ1v) is 8.82. The van der Waals surface area contributed by atoms with Crippen LogP contribution in [0, 0.1) is 15.9 Å². The van der Waals surface area contributed by atoms with Gasteiger partial charge in [0.05, 0.1) is 23.7 Å². The van der Waals surface area contributed by atoms with Gasteiger partial charge in [0.2, 0.25) is 0 Å². The van der Waals surface area contributed by atoms with Gasteiger partial charge in [0.1, 0.15) is 17.1 Å². The van der Waals surface area contributed by atoms with Gasteiger partial charge in [-0.3, -0.25) is 10.1 Å². The highest BCUT2D eigenvalue weighted by Gasteiger charge is 2.12. The molecule has 0 spiro atoms. The Morgan fingerprint density at radius 3 is 2.79 bits per heavy atom. The highest BCUT2D eigenvalue weighted by atomic mass is 19.1. The fourth-order valence-electron chi connectivity index (χ4n) is 2.78. The molecule has 3 aromatic rings. The van der Waals surface area contributed by atoms with E-state index in [1.165, 1.54) is 12.1 Å². The Hall–Kier alpha value is -3.42. The quantitative estimate of drug-likeness (QED) is 0.348. The Morgan fingerprint density at radius 1 is 1.21 bits per heavy atom. The van der Waals surface area contributed by atoms with Crippen molar-refractivity contribution in [2.24, 2.45) is 0 Å². The minimum Gasteiger partial charge on any atom is -0.491 e. The number of nitro benzene ring substituents is 1. The molecule has 3 rings (SSSR count). The summed E-state index contributed by atoms with van der Waals surface area (Å²) >= 11 is 0. The number of nitrogens with zero attached hydrogens (tertiary/aromatic N) is 2. The Kier molecular flexibility index (Phi) is 5.88. The molecular weight excluding hydrogens is 365 g/mol. The third kappa shape index (κ3) is 4.64. The molecule has 0 aliphatic rings. The van der Waals surface area contributed by atoms with Crippen LogP contribution in [0.15, 0.2) is 48.5 Å². The molecule has 0 aliphatic carbocycles. The highest BCUT2D eigenvalue weighted by Crippen LogP contribution is 2.26. The number of nitrogens with two attached hydrogens (primary N) is 1. The molecule has 2 N–H and O–H groups in total. The number of para-hydroxylation sites is 1. The zero-order valence-corrected chi connectivity index (χ0v) is 15.3. The second-order valence-electron chi connectivity index (χ2n) is 6.35. The Balaban J connectivity index is 1.52. The first kappa shape index (κ1) is 19.3. The van der Waals surface area contributed by atoms with E-state index in [9.17, 15) is 14.5 Å². The van der Waals surface area contributed by atoms with Gasteiger partial charge in [-0.05, 0) is 44.0 Å². The number of nitro groups is 1. The van der Waals surface area contributed by atoms with Crippen molar-refractivity contribution in [1.82, 2.24) is 4.98 Å². The van der Waals surface area contributed by atoms with Crippen LogP contribution in [0.2, 0.25) is 0 Å². The third-order valence-electron chi connectivity index (χ3n) is 4.17. The average Bonchev–Trinajstić information content (AvgIpc) is 2.66. The van der Waals surface area contributed by atoms with Gasteiger partial charge >= 0.3 is 0 Å². The molecule has 0 fully saturated rings. The monoisotopic (exact) mass is 385 g/mol. The molecule has 2 aromatic carbocycles. The van der Waals surface area contributed by atoms with E-state index in [0.717, 1.165) is 11.5 Å². The number of benzene rings is 2. The van der Waals surface area contributed by atoms with Crippen molar-refractivity contribution in [1.29, 1.82) is 0 Å². The van der Waals surface area contributed by atoms with Crippen molar-refractivity contribution < 1.29 is 18.8 Å². The highest BCUT2D eigenvalue weighted by molar-refractivity contribution is 5.85. The number of pyridine rings is 1. The minimum atomic E-state index is -0.752. The van der Waals surface area contributed by atoms with Crippen LogP contribution in [0.25, 0.3) is 10.9 Å². The zero-order valence-electron chi connectivity index (χ0n) is 15.3. The number of rotatable bonds is 8. The molecule has 1 heterocycles. The molecule has 0 aliphatic heterocycles. The lowest BCUT2D eigenvalue weighted by Crippen LogP contribution is -2.14. The van der Waals surface area contributed by atoms with E-state index < -0.39 is 10.7 Å². The number of hydrogen-bond acceptors (Lipinski definition) is 6. The van der Waals surface area contributed by atoms with Crippen molar-refractivity contribution in [3.05, 3.63) is 64.5 Å². The number of anilines is 1. The number of nitrogen functional groups attached to an aromatic ring is 1. The summed E-state index contributed by atoms with van der Waals surface area (Å²) in [6.45, 7) is 2.20. The molecule has 1 aromatic heterocycles. The Bertz CT molecular complexity index is 996. The lowest BCUT2D eigenvalue weighted by molar-refractivity contribution is -0.385. The fraction of sp³-hybridized carbons (Fsp3) is 0.250. The predicted molar refractivity (Wildman–Crippen MR) is 104 cm³/mol. The van der Waals surface area contributed by atoms with Crippen LogP contribution in [0.4, 0.5) is 15.9 Å². The molecule has 7 nitrogen and oxygen atoms in total. The molecule has 146 valence electrons. The van der Waals surface area contributed by atoms with E-state index in [1.54, 1.807) is 6.07 Å². The summed E-state index contributed by atoms with van der Waals surface area (Å²) in [5, 5.41) is 11.6. The van der Waals surface area contributed by atoms with Crippen LogP contribution in [-0.2, 0) is 0 Å². The molecule has 0 radical (unpaired) electrons. The Labute approximate surface area is 161 Å². The number of fused-ring (bicyclic) bond motifs is 1. The molecule has 0 amide bonds. The number of non-ortho nitro benzene ring substituents is 1. The number of halogens is 1. The maximum absolute atomic E-state index is 13.8. The van der Waals surface area contributed by atoms with Gasteiger partial charge in [-0.15, -0.1) is 0 Å². The third-order valence-corrected chi connectivity index (χ3v) is 4.17. The molecule has 1 unspecified atom stereocenters. The van der Waals surface area contributed by atoms with Gasteiger partial charge in [0.15, 0.2) is 11.6 Å². The summed E-state index contributed by atoms with van der Waals surface area (Å²) in [6, 6.07) is 12.6. The summed E-state index contributed by atoms with van der Waals surface area (Å²) < 4.78 is 25.1. The fourth-order valence-corrected chi connectivity index (χ4v) is 2.78. The second kappa shape index (κ2) is 8.51. The maximum atomic E-state index is 13.8. The summed E-state index contributed by atoms with van der Waals surface area (Å²) in [7, 11) is 0.